The molecule has 1 aromatic carbocycles. The zero-order valence-electron chi connectivity index (χ0n) is 10.9. The summed E-state index contributed by atoms with van der Waals surface area (Å²) in [5.41, 5.74) is 0.617. The van der Waals surface area contributed by atoms with Crippen LogP contribution in [0, 0.1) is 5.92 Å². The molecule has 18 heavy (non-hydrogen) atoms. The van der Waals surface area contributed by atoms with Gasteiger partial charge in [0.2, 0.25) is 0 Å². The number of amides is 1. The van der Waals surface area contributed by atoms with Crippen LogP contribution in [0.15, 0.2) is 24.3 Å². The van der Waals surface area contributed by atoms with Gasteiger partial charge in [-0.15, -0.1) is 0 Å². The zero-order chi connectivity index (χ0) is 13.0. The van der Waals surface area contributed by atoms with E-state index in [1.165, 1.54) is 19.3 Å². The molecule has 0 aromatic heterocycles. The summed E-state index contributed by atoms with van der Waals surface area (Å²) in [6, 6.07) is 6.72. The Balaban J connectivity index is 1.92. The molecule has 1 aliphatic carbocycles. The molecular formula is C15H21NO2. The number of carbonyl (C=O) groups is 1. The lowest BCUT2D eigenvalue weighted by Crippen LogP contribution is -2.38. The van der Waals surface area contributed by atoms with Crippen LogP contribution >= 0.6 is 0 Å². The van der Waals surface area contributed by atoms with Crippen molar-refractivity contribution in [2.45, 2.75) is 45.1 Å². The Kier molecular flexibility index (Phi) is 4.24. The molecule has 0 saturated heterocycles. The zero-order valence-corrected chi connectivity index (χ0v) is 10.9. The van der Waals surface area contributed by atoms with E-state index in [4.69, 9.17) is 0 Å². The van der Waals surface area contributed by atoms with Crippen LogP contribution in [0.1, 0.15) is 49.4 Å². The number of nitrogens with one attached hydrogen (secondary N) is 1. The summed E-state index contributed by atoms with van der Waals surface area (Å²) in [5, 5.41) is 12.3. The molecule has 0 bridgehead atoms. The highest BCUT2D eigenvalue weighted by Crippen LogP contribution is 2.26. The van der Waals surface area contributed by atoms with E-state index < -0.39 is 0 Å². The summed E-state index contributed by atoms with van der Waals surface area (Å²) in [6.45, 7) is 2.22. The Morgan fingerprint density at radius 1 is 1.33 bits per heavy atom. The molecule has 1 amide bonds. The third-order valence-electron chi connectivity index (χ3n) is 3.82. The Morgan fingerprint density at radius 2 is 2.06 bits per heavy atom. The molecule has 0 spiro atoms. The van der Waals surface area contributed by atoms with Crippen molar-refractivity contribution < 1.29 is 9.90 Å². The average molecular weight is 247 g/mol. The van der Waals surface area contributed by atoms with Crippen LogP contribution in [0.3, 0.4) is 0 Å². The number of phenols is 1. The maximum Gasteiger partial charge on any atom is 0.251 e. The van der Waals surface area contributed by atoms with Gasteiger partial charge in [0.25, 0.3) is 5.91 Å². The van der Waals surface area contributed by atoms with Crippen molar-refractivity contribution in [2.24, 2.45) is 5.92 Å². The molecule has 1 aliphatic rings. The van der Waals surface area contributed by atoms with Crippen LogP contribution in [-0.4, -0.2) is 17.1 Å². The predicted molar refractivity (Wildman–Crippen MR) is 71.6 cm³/mol. The van der Waals surface area contributed by atoms with Crippen molar-refractivity contribution in [1.82, 2.24) is 5.32 Å². The van der Waals surface area contributed by atoms with Gasteiger partial charge in [0.15, 0.2) is 0 Å². The third-order valence-corrected chi connectivity index (χ3v) is 3.82. The van der Waals surface area contributed by atoms with E-state index in [-0.39, 0.29) is 11.7 Å². The van der Waals surface area contributed by atoms with E-state index in [2.05, 4.69) is 12.2 Å². The van der Waals surface area contributed by atoms with Gasteiger partial charge in [0, 0.05) is 11.6 Å². The predicted octanol–water partition coefficient (Wildman–Crippen LogP) is 3.09. The van der Waals surface area contributed by atoms with Crippen molar-refractivity contribution in [3.05, 3.63) is 29.8 Å². The average Bonchev–Trinajstić information content (AvgIpc) is 2.39. The molecule has 2 atom stereocenters. The second-order valence-electron chi connectivity index (χ2n) is 5.16. The van der Waals surface area contributed by atoms with Gasteiger partial charge < -0.3 is 10.4 Å². The van der Waals surface area contributed by atoms with Crippen LogP contribution in [0.2, 0.25) is 0 Å². The fourth-order valence-electron chi connectivity index (χ4n) is 2.67. The molecule has 0 heterocycles. The van der Waals surface area contributed by atoms with Gasteiger partial charge in [0.05, 0.1) is 0 Å². The van der Waals surface area contributed by atoms with Crippen LogP contribution in [0.4, 0.5) is 0 Å². The van der Waals surface area contributed by atoms with Gasteiger partial charge in [-0.25, -0.2) is 0 Å². The topological polar surface area (TPSA) is 49.3 Å². The quantitative estimate of drug-likeness (QED) is 0.862. The first-order chi connectivity index (χ1) is 8.69. The SMILES string of the molecule is CCC1CCCC(NC(=O)c2ccc(O)cc2)C1. The normalized spacial score (nSPS) is 23.6. The maximum absolute atomic E-state index is 12.0. The number of benzene rings is 1. The van der Waals surface area contributed by atoms with Crippen LogP contribution < -0.4 is 5.32 Å². The lowest BCUT2D eigenvalue weighted by atomic mass is 9.84. The van der Waals surface area contributed by atoms with Gasteiger partial charge in [-0.3, -0.25) is 4.79 Å². The first kappa shape index (κ1) is 12.9. The van der Waals surface area contributed by atoms with Crippen molar-refractivity contribution in [3.8, 4) is 5.75 Å². The molecule has 0 aliphatic heterocycles. The van der Waals surface area contributed by atoms with Gasteiger partial charge in [-0.2, -0.15) is 0 Å². The number of hydrogen-bond acceptors (Lipinski definition) is 2. The number of hydrogen-bond donors (Lipinski definition) is 2. The maximum atomic E-state index is 12.0. The summed E-state index contributed by atoms with van der Waals surface area (Å²) < 4.78 is 0. The minimum Gasteiger partial charge on any atom is -0.508 e. The molecule has 0 radical (unpaired) electrons. The second kappa shape index (κ2) is 5.89. The second-order valence-corrected chi connectivity index (χ2v) is 5.16. The highest BCUT2D eigenvalue weighted by molar-refractivity contribution is 5.94. The summed E-state index contributed by atoms with van der Waals surface area (Å²) in [5.74, 6) is 0.913. The first-order valence-electron chi connectivity index (χ1n) is 6.79. The summed E-state index contributed by atoms with van der Waals surface area (Å²) in [4.78, 5) is 12.0. The van der Waals surface area contributed by atoms with Crippen LogP contribution in [-0.2, 0) is 0 Å². The molecule has 1 fully saturated rings. The van der Waals surface area contributed by atoms with Gasteiger partial charge >= 0.3 is 0 Å². The molecule has 1 aromatic rings. The molecule has 1 saturated carbocycles. The fourth-order valence-corrected chi connectivity index (χ4v) is 2.67. The Labute approximate surface area is 108 Å². The lowest BCUT2D eigenvalue weighted by molar-refractivity contribution is 0.0919. The smallest absolute Gasteiger partial charge is 0.251 e. The van der Waals surface area contributed by atoms with E-state index in [1.807, 2.05) is 0 Å². The molecule has 3 heteroatoms. The van der Waals surface area contributed by atoms with E-state index in [0.29, 0.717) is 11.6 Å². The van der Waals surface area contributed by atoms with E-state index in [1.54, 1.807) is 24.3 Å². The number of rotatable bonds is 3. The van der Waals surface area contributed by atoms with Crippen LogP contribution in [0.5, 0.6) is 5.75 Å². The van der Waals surface area contributed by atoms with Gasteiger partial charge in [0.1, 0.15) is 5.75 Å². The molecule has 2 rings (SSSR count). The highest BCUT2D eigenvalue weighted by Gasteiger charge is 2.22. The minimum absolute atomic E-state index is 0.0308. The van der Waals surface area contributed by atoms with Crippen molar-refractivity contribution in [1.29, 1.82) is 0 Å². The van der Waals surface area contributed by atoms with E-state index in [0.717, 1.165) is 18.8 Å². The highest BCUT2D eigenvalue weighted by atomic mass is 16.3. The Bertz CT molecular complexity index is 399. The largest absolute Gasteiger partial charge is 0.508 e. The molecule has 2 unspecified atom stereocenters. The van der Waals surface area contributed by atoms with Crippen molar-refractivity contribution >= 4 is 5.91 Å². The lowest BCUT2D eigenvalue weighted by Gasteiger charge is -2.29. The standard InChI is InChI=1S/C15H21NO2/c1-2-11-4-3-5-13(10-11)16-15(18)12-6-8-14(17)9-7-12/h6-9,11,13,17H,2-5,10H2,1H3,(H,16,18). The third kappa shape index (κ3) is 3.25. The first-order valence-corrected chi connectivity index (χ1v) is 6.79. The summed E-state index contributed by atoms with van der Waals surface area (Å²) >= 11 is 0. The minimum atomic E-state index is -0.0308. The molecule has 3 nitrogen and oxygen atoms in total. The van der Waals surface area contributed by atoms with Crippen molar-refractivity contribution in [2.75, 3.05) is 0 Å². The van der Waals surface area contributed by atoms with Gasteiger partial charge in [-0.1, -0.05) is 26.2 Å². The fraction of sp³-hybridized carbons (Fsp3) is 0.533. The van der Waals surface area contributed by atoms with E-state index in [9.17, 15) is 9.90 Å². The molecule has 98 valence electrons. The monoisotopic (exact) mass is 247 g/mol. The Hall–Kier alpha value is -1.51. The molecular weight excluding hydrogens is 226 g/mol. The number of aromatic hydroxyl groups is 1. The van der Waals surface area contributed by atoms with E-state index >= 15 is 0 Å². The van der Waals surface area contributed by atoms with Crippen LogP contribution in [0.25, 0.3) is 0 Å². The number of phenolic OH excluding ortho intramolecular Hbond substituents is 1. The number of carbonyl (C=O) groups excluding carboxylic acids is 1. The van der Waals surface area contributed by atoms with Crippen molar-refractivity contribution in [3.63, 3.8) is 0 Å². The van der Waals surface area contributed by atoms with Gasteiger partial charge in [-0.05, 0) is 43.0 Å². The summed E-state index contributed by atoms with van der Waals surface area (Å²) in [7, 11) is 0. The Morgan fingerprint density at radius 3 is 2.72 bits per heavy atom. The summed E-state index contributed by atoms with van der Waals surface area (Å²) in [6.07, 6.45) is 5.88. The molecule has 2 N–H and O–H groups in total.